The Hall–Kier alpha value is -2.36. The minimum Gasteiger partial charge on any atom is -0.383 e. The van der Waals surface area contributed by atoms with Crippen LogP contribution in [0.1, 0.15) is 0 Å². The molecule has 0 fully saturated rings. The van der Waals surface area contributed by atoms with Crippen LogP contribution in [0.3, 0.4) is 0 Å². The van der Waals surface area contributed by atoms with E-state index in [9.17, 15) is 9.59 Å². The molecule has 27 heavy (non-hydrogen) atoms. The lowest BCUT2D eigenvalue weighted by atomic mass is 10.2. The molecule has 0 aliphatic rings. The fraction of sp³-hybridized carbons (Fsp3) is 0.389. The number of hydrogen-bond acceptors (Lipinski definition) is 6. The summed E-state index contributed by atoms with van der Waals surface area (Å²) in [7, 11) is 3.16. The Morgan fingerprint density at radius 3 is 2.81 bits per heavy atom. The van der Waals surface area contributed by atoms with E-state index in [2.05, 4.69) is 15.3 Å². The van der Waals surface area contributed by atoms with Crippen LogP contribution in [0.2, 0.25) is 0 Å². The number of thioether (sulfide) groups is 1. The molecule has 0 unspecified atom stereocenters. The number of aromatic nitrogens is 3. The van der Waals surface area contributed by atoms with Crippen LogP contribution in [0.4, 0.5) is 0 Å². The SMILES string of the molecule is COCCNC(=O)CSc1nc2c([nH]c3ccccc32)c(=O)n1CCOC. The van der Waals surface area contributed by atoms with Crippen LogP contribution in [0.5, 0.6) is 0 Å². The highest BCUT2D eigenvalue weighted by molar-refractivity contribution is 7.99. The monoisotopic (exact) mass is 390 g/mol. The Bertz CT molecular complexity index is 998. The molecule has 9 heteroatoms. The van der Waals surface area contributed by atoms with Crippen molar-refractivity contribution in [2.75, 3.05) is 39.7 Å². The third-order valence-electron chi connectivity index (χ3n) is 4.06. The number of nitrogens with zero attached hydrogens (tertiary/aromatic N) is 2. The van der Waals surface area contributed by atoms with E-state index in [-0.39, 0.29) is 17.2 Å². The summed E-state index contributed by atoms with van der Waals surface area (Å²) in [6.45, 7) is 1.64. The van der Waals surface area contributed by atoms with Crippen LogP contribution in [0, 0.1) is 0 Å². The van der Waals surface area contributed by atoms with Crippen molar-refractivity contribution in [2.45, 2.75) is 11.7 Å². The van der Waals surface area contributed by atoms with Crippen molar-refractivity contribution in [1.82, 2.24) is 19.9 Å². The zero-order valence-corrected chi connectivity index (χ0v) is 16.1. The molecule has 0 saturated carbocycles. The maximum Gasteiger partial charge on any atom is 0.278 e. The number of amides is 1. The molecule has 8 nitrogen and oxygen atoms in total. The number of nitrogens with one attached hydrogen (secondary N) is 2. The first-order chi connectivity index (χ1) is 13.2. The van der Waals surface area contributed by atoms with Gasteiger partial charge in [0.1, 0.15) is 11.0 Å². The highest BCUT2D eigenvalue weighted by atomic mass is 32.2. The highest BCUT2D eigenvalue weighted by Crippen LogP contribution is 2.24. The van der Waals surface area contributed by atoms with Crippen molar-refractivity contribution in [3.05, 3.63) is 34.6 Å². The Labute approximate surface area is 160 Å². The normalized spacial score (nSPS) is 11.3. The van der Waals surface area contributed by atoms with Gasteiger partial charge < -0.3 is 19.8 Å². The van der Waals surface area contributed by atoms with Crippen LogP contribution < -0.4 is 10.9 Å². The van der Waals surface area contributed by atoms with E-state index in [4.69, 9.17) is 9.47 Å². The van der Waals surface area contributed by atoms with Gasteiger partial charge in [-0.15, -0.1) is 0 Å². The minimum absolute atomic E-state index is 0.136. The molecule has 3 aromatic rings. The number of ether oxygens (including phenoxy) is 2. The summed E-state index contributed by atoms with van der Waals surface area (Å²) in [4.78, 5) is 32.8. The summed E-state index contributed by atoms with van der Waals surface area (Å²) in [6, 6.07) is 7.64. The van der Waals surface area contributed by atoms with E-state index in [1.807, 2.05) is 24.3 Å². The molecule has 2 heterocycles. The van der Waals surface area contributed by atoms with Gasteiger partial charge in [-0.3, -0.25) is 14.2 Å². The molecular weight excluding hydrogens is 368 g/mol. The number of para-hydroxylation sites is 1. The second-order valence-corrected chi connectivity index (χ2v) is 6.81. The third-order valence-corrected chi connectivity index (χ3v) is 5.03. The predicted octanol–water partition coefficient (Wildman–Crippen LogP) is 1.38. The Balaban J connectivity index is 1.94. The number of H-pyrrole nitrogens is 1. The van der Waals surface area contributed by atoms with Crippen LogP contribution >= 0.6 is 11.8 Å². The number of rotatable bonds is 9. The predicted molar refractivity (Wildman–Crippen MR) is 105 cm³/mol. The molecule has 3 rings (SSSR count). The second-order valence-electron chi connectivity index (χ2n) is 5.87. The maximum atomic E-state index is 13.0. The lowest BCUT2D eigenvalue weighted by Gasteiger charge is -2.11. The second kappa shape index (κ2) is 9.03. The van der Waals surface area contributed by atoms with Crippen molar-refractivity contribution in [3.63, 3.8) is 0 Å². The zero-order valence-electron chi connectivity index (χ0n) is 15.3. The van der Waals surface area contributed by atoms with Crippen molar-refractivity contribution in [2.24, 2.45) is 0 Å². The van der Waals surface area contributed by atoms with Gasteiger partial charge in [0.2, 0.25) is 5.91 Å². The molecule has 0 bridgehead atoms. The lowest BCUT2D eigenvalue weighted by molar-refractivity contribution is -0.118. The van der Waals surface area contributed by atoms with Gasteiger partial charge in [-0.05, 0) is 6.07 Å². The fourth-order valence-corrected chi connectivity index (χ4v) is 3.59. The van der Waals surface area contributed by atoms with Crippen LogP contribution in [-0.2, 0) is 20.8 Å². The first-order valence-corrected chi connectivity index (χ1v) is 9.53. The van der Waals surface area contributed by atoms with Gasteiger partial charge in [-0.1, -0.05) is 30.0 Å². The van der Waals surface area contributed by atoms with Crippen molar-refractivity contribution in [3.8, 4) is 0 Å². The molecule has 1 aromatic carbocycles. The van der Waals surface area contributed by atoms with Gasteiger partial charge in [0.05, 0.1) is 25.5 Å². The van der Waals surface area contributed by atoms with E-state index < -0.39 is 0 Å². The standard InChI is InChI=1S/C18H22N4O4S/c1-25-9-7-19-14(23)11-27-18-21-15-12-5-3-4-6-13(12)20-16(15)17(24)22(18)8-10-26-2/h3-6,20H,7-11H2,1-2H3,(H,19,23). The molecule has 0 spiro atoms. The number of carbonyl (C=O) groups excluding carboxylic acids is 1. The minimum atomic E-state index is -0.171. The van der Waals surface area contributed by atoms with Crippen LogP contribution in [0.15, 0.2) is 34.2 Å². The van der Waals surface area contributed by atoms with Gasteiger partial charge >= 0.3 is 0 Å². The van der Waals surface area contributed by atoms with Gasteiger partial charge in [-0.2, -0.15) is 0 Å². The fourth-order valence-electron chi connectivity index (χ4n) is 2.74. The van der Waals surface area contributed by atoms with Crippen molar-refractivity contribution >= 4 is 39.6 Å². The molecule has 0 aliphatic carbocycles. The number of aromatic amines is 1. The number of benzene rings is 1. The summed E-state index contributed by atoms with van der Waals surface area (Å²) in [5, 5.41) is 4.14. The molecule has 0 aliphatic heterocycles. The smallest absolute Gasteiger partial charge is 0.278 e. The summed E-state index contributed by atoms with van der Waals surface area (Å²) in [5.74, 6) is 0.0281. The summed E-state index contributed by atoms with van der Waals surface area (Å²) >= 11 is 1.23. The number of carbonyl (C=O) groups is 1. The first kappa shape index (κ1) is 19.4. The largest absolute Gasteiger partial charge is 0.383 e. The molecule has 2 aromatic heterocycles. The van der Waals surface area contributed by atoms with E-state index in [0.717, 1.165) is 10.9 Å². The summed E-state index contributed by atoms with van der Waals surface area (Å²) < 4.78 is 11.6. The topological polar surface area (TPSA) is 98.2 Å². The van der Waals surface area contributed by atoms with Gasteiger partial charge in [0.15, 0.2) is 5.16 Å². The Kier molecular flexibility index (Phi) is 6.49. The van der Waals surface area contributed by atoms with Crippen molar-refractivity contribution in [1.29, 1.82) is 0 Å². The Morgan fingerprint density at radius 2 is 2.04 bits per heavy atom. The van der Waals surface area contributed by atoms with E-state index >= 15 is 0 Å². The average Bonchev–Trinajstić information content (AvgIpc) is 3.05. The third kappa shape index (κ3) is 4.32. The molecule has 0 atom stereocenters. The van der Waals surface area contributed by atoms with Gasteiger partial charge in [-0.25, -0.2) is 4.98 Å². The average molecular weight is 390 g/mol. The van der Waals surface area contributed by atoms with Crippen LogP contribution in [-0.4, -0.2) is 60.2 Å². The van der Waals surface area contributed by atoms with Gasteiger partial charge in [0.25, 0.3) is 5.56 Å². The summed E-state index contributed by atoms with van der Waals surface area (Å²) in [5.41, 5.74) is 1.76. The van der Waals surface area contributed by atoms with Crippen molar-refractivity contribution < 1.29 is 14.3 Å². The zero-order chi connectivity index (χ0) is 19.2. The molecule has 144 valence electrons. The molecular formula is C18H22N4O4S. The number of hydrogen-bond donors (Lipinski definition) is 2. The molecule has 2 N–H and O–H groups in total. The van der Waals surface area contributed by atoms with Gasteiger partial charge in [0, 0.05) is 31.7 Å². The van der Waals surface area contributed by atoms with E-state index in [1.54, 1.807) is 18.8 Å². The van der Waals surface area contributed by atoms with E-state index in [0.29, 0.717) is 42.5 Å². The molecule has 0 saturated heterocycles. The molecule has 0 radical (unpaired) electrons. The van der Waals surface area contributed by atoms with E-state index in [1.165, 1.54) is 11.8 Å². The maximum absolute atomic E-state index is 13.0. The molecule has 1 amide bonds. The highest BCUT2D eigenvalue weighted by Gasteiger charge is 2.16. The first-order valence-electron chi connectivity index (χ1n) is 8.54. The lowest BCUT2D eigenvalue weighted by Crippen LogP contribution is -2.29. The van der Waals surface area contributed by atoms with Crippen LogP contribution in [0.25, 0.3) is 21.9 Å². The number of fused-ring (bicyclic) bond motifs is 3. The number of methoxy groups -OCH3 is 2. The summed E-state index contributed by atoms with van der Waals surface area (Å²) in [6.07, 6.45) is 0. The Morgan fingerprint density at radius 1 is 1.26 bits per heavy atom. The quantitative estimate of drug-likeness (QED) is 0.325.